The van der Waals surface area contributed by atoms with E-state index in [1.165, 1.54) is 18.2 Å². The third-order valence-corrected chi connectivity index (χ3v) is 6.99. The van der Waals surface area contributed by atoms with E-state index in [1.807, 2.05) is 0 Å². The van der Waals surface area contributed by atoms with Gasteiger partial charge in [0.05, 0.1) is 17.0 Å². The second-order valence-electron chi connectivity index (χ2n) is 8.84. The van der Waals surface area contributed by atoms with Crippen LogP contribution < -0.4 is 16.4 Å². The van der Waals surface area contributed by atoms with Gasteiger partial charge in [-0.2, -0.15) is 4.98 Å². The third kappa shape index (κ3) is 5.09. The molecular weight excluding hydrogens is 467 g/mol. The number of fused-ring (bicyclic) bond motifs is 2. The number of nitrogens with zero attached hydrogens (tertiary/aromatic N) is 3. The molecule has 0 spiro atoms. The van der Waals surface area contributed by atoms with Crippen LogP contribution in [0.3, 0.4) is 0 Å². The molecule has 180 valence electrons. The predicted molar refractivity (Wildman–Crippen MR) is 122 cm³/mol. The van der Waals surface area contributed by atoms with Crippen molar-refractivity contribution in [3.05, 3.63) is 51.7 Å². The lowest BCUT2D eigenvalue weighted by atomic mass is 9.76. The Bertz CT molecular complexity index is 1120. The van der Waals surface area contributed by atoms with Crippen molar-refractivity contribution in [3.8, 4) is 0 Å². The summed E-state index contributed by atoms with van der Waals surface area (Å²) < 4.78 is 14.2. The Balaban J connectivity index is 1.35. The SMILES string of the molecule is NC(=O)[C@H]1[C@@H]2C[C@@H](CCCC(=O)Nc3cccc([N+](=O)[O-])c3)[C@@H](C2)[C@H]1Nc1nc(Cl)ncc1F. The summed E-state index contributed by atoms with van der Waals surface area (Å²) in [5.74, 6) is -1.41. The molecule has 4 rings (SSSR count). The number of halogens is 2. The van der Waals surface area contributed by atoms with E-state index in [0.29, 0.717) is 12.1 Å². The molecule has 0 radical (unpaired) electrons. The number of hydrogen-bond acceptors (Lipinski definition) is 7. The van der Waals surface area contributed by atoms with Gasteiger partial charge in [-0.3, -0.25) is 19.7 Å². The molecule has 2 aliphatic carbocycles. The lowest BCUT2D eigenvalue weighted by Gasteiger charge is -2.35. The van der Waals surface area contributed by atoms with Crippen molar-refractivity contribution in [1.82, 2.24) is 9.97 Å². The highest BCUT2D eigenvalue weighted by Crippen LogP contribution is 2.54. The number of primary amides is 1. The fourth-order valence-corrected chi connectivity index (χ4v) is 5.62. The summed E-state index contributed by atoms with van der Waals surface area (Å²) in [7, 11) is 0. The second-order valence-corrected chi connectivity index (χ2v) is 9.18. The van der Waals surface area contributed by atoms with Crippen molar-refractivity contribution in [2.45, 2.75) is 38.1 Å². The topological polar surface area (TPSA) is 153 Å². The summed E-state index contributed by atoms with van der Waals surface area (Å²) >= 11 is 5.80. The second kappa shape index (κ2) is 9.88. The molecule has 10 nitrogen and oxygen atoms in total. The number of non-ortho nitro benzene ring substituents is 1. The summed E-state index contributed by atoms with van der Waals surface area (Å²) in [6.45, 7) is 0. The van der Waals surface area contributed by atoms with Gasteiger partial charge in [0.15, 0.2) is 11.6 Å². The fourth-order valence-electron chi connectivity index (χ4n) is 5.48. The van der Waals surface area contributed by atoms with Gasteiger partial charge in [0.1, 0.15) is 0 Å². The van der Waals surface area contributed by atoms with Crippen molar-refractivity contribution in [2.24, 2.45) is 29.4 Å². The molecule has 2 bridgehead atoms. The average molecular weight is 491 g/mol. The first-order valence-corrected chi connectivity index (χ1v) is 11.4. The molecule has 2 aliphatic rings. The summed E-state index contributed by atoms with van der Waals surface area (Å²) in [5.41, 5.74) is 5.94. The Morgan fingerprint density at radius 3 is 2.85 bits per heavy atom. The number of rotatable bonds is 9. The fraction of sp³-hybridized carbons (Fsp3) is 0.455. The monoisotopic (exact) mass is 490 g/mol. The smallest absolute Gasteiger partial charge is 0.271 e. The first-order valence-electron chi connectivity index (χ1n) is 11.0. The van der Waals surface area contributed by atoms with Gasteiger partial charge in [-0.05, 0) is 61.1 Å². The lowest BCUT2D eigenvalue weighted by molar-refractivity contribution is -0.384. The zero-order valence-electron chi connectivity index (χ0n) is 18.1. The number of nitrogens with two attached hydrogens (primary N) is 1. The molecule has 2 saturated carbocycles. The van der Waals surface area contributed by atoms with Gasteiger partial charge in [0.2, 0.25) is 17.1 Å². The molecule has 2 amide bonds. The van der Waals surface area contributed by atoms with E-state index in [4.69, 9.17) is 17.3 Å². The standard InChI is InChI=1S/C22H24ClFN6O4/c23-22-26-10-16(24)21(29-22)28-19-15-8-12(18(19)20(25)32)7-11(15)3-1-6-17(31)27-13-4-2-5-14(9-13)30(33)34/h2,4-5,9-12,15,18-19H,1,3,6-8H2,(H2,25,32)(H,27,31)(H,26,28,29)/t11-,12-,15-,18+,19-/m1/s1. The Morgan fingerprint density at radius 1 is 1.32 bits per heavy atom. The summed E-state index contributed by atoms with van der Waals surface area (Å²) in [4.78, 5) is 42.3. The number of nitro groups is 1. The molecule has 0 unspecified atom stereocenters. The average Bonchev–Trinajstić information content (AvgIpc) is 3.34. The molecule has 1 aromatic heterocycles. The number of aromatic nitrogens is 2. The Labute approximate surface area is 199 Å². The number of carbonyl (C=O) groups excluding carboxylic acids is 2. The van der Waals surface area contributed by atoms with Gasteiger partial charge in [0.25, 0.3) is 5.69 Å². The molecule has 4 N–H and O–H groups in total. The molecule has 0 aliphatic heterocycles. The predicted octanol–water partition coefficient (Wildman–Crippen LogP) is 3.52. The van der Waals surface area contributed by atoms with Crippen molar-refractivity contribution < 1.29 is 18.9 Å². The van der Waals surface area contributed by atoms with Gasteiger partial charge in [-0.15, -0.1) is 0 Å². The zero-order chi connectivity index (χ0) is 24.4. The first-order chi connectivity index (χ1) is 16.2. The van der Waals surface area contributed by atoms with Crippen molar-refractivity contribution in [2.75, 3.05) is 10.6 Å². The number of benzene rings is 1. The maximum absolute atomic E-state index is 14.2. The molecule has 2 fully saturated rings. The number of amides is 2. The Kier molecular flexibility index (Phi) is 6.92. The normalized spacial score (nSPS) is 25.2. The van der Waals surface area contributed by atoms with E-state index in [0.717, 1.165) is 25.5 Å². The van der Waals surface area contributed by atoms with Crippen molar-refractivity contribution in [1.29, 1.82) is 0 Å². The minimum Gasteiger partial charge on any atom is -0.369 e. The highest BCUT2D eigenvalue weighted by Gasteiger charge is 2.54. The van der Waals surface area contributed by atoms with Crippen molar-refractivity contribution >= 4 is 40.6 Å². The van der Waals surface area contributed by atoms with E-state index >= 15 is 0 Å². The Hall–Kier alpha value is -3.34. The van der Waals surface area contributed by atoms with Crippen LogP contribution in [0.4, 0.5) is 21.6 Å². The van der Waals surface area contributed by atoms with Gasteiger partial charge in [0, 0.05) is 30.3 Å². The van der Waals surface area contributed by atoms with E-state index in [2.05, 4.69) is 20.6 Å². The number of nitro benzene ring substituents is 1. The first kappa shape index (κ1) is 23.8. The van der Waals surface area contributed by atoms with Crippen LogP contribution >= 0.6 is 11.6 Å². The van der Waals surface area contributed by atoms with Crippen molar-refractivity contribution in [3.63, 3.8) is 0 Å². The summed E-state index contributed by atoms with van der Waals surface area (Å²) in [6, 6.07) is 5.40. The van der Waals surface area contributed by atoms with Gasteiger partial charge in [-0.25, -0.2) is 9.37 Å². The lowest BCUT2D eigenvalue weighted by Crippen LogP contribution is -2.45. The van der Waals surface area contributed by atoms with Crippen LogP contribution in [0.1, 0.15) is 32.1 Å². The third-order valence-electron chi connectivity index (χ3n) is 6.81. The van der Waals surface area contributed by atoms with E-state index in [1.54, 1.807) is 6.07 Å². The highest BCUT2D eigenvalue weighted by molar-refractivity contribution is 6.28. The number of hydrogen-bond donors (Lipinski definition) is 3. The van der Waals surface area contributed by atoms with E-state index in [-0.39, 0.29) is 52.9 Å². The quantitative estimate of drug-likeness (QED) is 0.276. The minimum absolute atomic E-state index is 0.0566. The van der Waals surface area contributed by atoms with Gasteiger partial charge >= 0.3 is 0 Å². The number of nitrogens with one attached hydrogen (secondary N) is 2. The van der Waals surface area contributed by atoms with Crippen LogP contribution in [0.15, 0.2) is 30.5 Å². The molecule has 1 heterocycles. The van der Waals surface area contributed by atoms with Gasteiger partial charge in [-0.1, -0.05) is 6.07 Å². The molecule has 34 heavy (non-hydrogen) atoms. The van der Waals surface area contributed by atoms with Gasteiger partial charge < -0.3 is 16.4 Å². The minimum atomic E-state index is -0.662. The summed E-state index contributed by atoms with van der Waals surface area (Å²) in [5, 5.41) is 16.5. The highest BCUT2D eigenvalue weighted by atomic mass is 35.5. The molecular formula is C22H24ClFN6O4. The maximum Gasteiger partial charge on any atom is 0.271 e. The summed E-state index contributed by atoms with van der Waals surface area (Å²) in [6.07, 6.45) is 4.19. The van der Waals surface area contributed by atoms with E-state index < -0.39 is 22.6 Å². The van der Waals surface area contributed by atoms with E-state index in [9.17, 15) is 24.1 Å². The number of anilines is 2. The van der Waals surface area contributed by atoms with Crippen LogP contribution in [0.2, 0.25) is 5.28 Å². The van der Waals surface area contributed by atoms with Crippen LogP contribution in [0.5, 0.6) is 0 Å². The molecule has 12 heteroatoms. The van der Waals surface area contributed by atoms with Crippen LogP contribution in [-0.4, -0.2) is 32.7 Å². The number of carbonyl (C=O) groups is 2. The van der Waals surface area contributed by atoms with Crippen LogP contribution in [-0.2, 0) is 9.59 Å². The molecule has 2 aromatic rings. The zero-order valence-corrected chi connectivity index (χ0v) is 18.9. The maximum atomic E-state index is 14.2. The molecule has 0 saturated heterocycles. The van der Waals surface area contributed by atoms with Crippen LogP contribution in [0, 0.1) is 39.6 Å². The molecule has 1 aromatic carbocycles. The largest absolute Gasteiger partial charge is 0.369 e. The van der Waals surface area contributed by atoms with Crippen LogP contribution in [0.25, 0.3) is 0 Å². The molecule has 5 atom stereocenters. The Morgan fingerprint density at radius 2 is 2.12 bits per heavy atom.